The van der Waals surface area contributed by atoms with Crippen molar-refractivity contribution in [3.8, 4) is 0 Å². The van der Waals surface area contributed by atoms with Gasteiger partial charge < -0.3 is 10.2 Å². The minimum Gasteiger partial charge on any atom is -0.356 e. The van der Waals surface area contributed by atoms with E-state index < -0.39 is 0 Å². The first-order chi connectivity index (χ1) is 11.3. The van der Waals surface area contributed by atoms with Crippen LogP contribution in [0.15, 0.2) is 35.3 Å². The van der Waals surface area contributed by atoms with Crippen LogP contribution in [0.5, 0.6) is 0 Å². The molecule has 0 aliphatic heterocycles. The highest BCUT2D eigenvalue weighted by Crippen LogP contribution is 2.07. The molecule has 0 amide bonds. The summed E-state index contributed by atoms with van der Waals surface area (Å²) in [4.78, 5) is 7.29. The molecule has 0 bridgehead atoms. The summed E-state index contributed by atoms with van der Waals surface area (Å²) in [5, 5.41) is 3.58. The van der Waals surface area contributed by atoms with Gasteiger partial charge in [0.25, 0.3) is 0 Å². The maximum Gasteiger partial charge on any atom is 0.194 e. The second-order valence-electron chi connectivity index (χ2n) is 6.10. The van der Waals surface area contributed by atoms with Gasteiger partial charge in [0, 0.05) is 26.2 Å². The van der Waals surface area contributed by atoms with Crippen LogP contribution in [0.2, 0.25) is 0 Å². The van der Waals surface area contributed by atoms with Crippen molar-refractivity contribution in [2.24, 2.45) is 4.99 Å². The van der Waals surface area contributed by atoms with E-state index in [4.69, 9.17) is 4.99 Å². The summed E-state index contributed by atoms with van der Waals surface area (Å²) in [6.45, 7) is 10.6. The Morgan fingerprint density at radius 2 is 1.65 bits per heavy atom. The quantitative estimate of drug-likeness (QED) is 0.359. The molecule has 1 aromatic rings. The second kappa shape index (κ2) is 13.0. The molecule has 0 aliphatic rings. The van der Waals surface area contributed by atoms with Gasteiger partial charge in [0.1, 0.15) is 0 Å². The minimum atomic E-state index is 0.919. The van der Waals surface area contributed by atoms with Gasteiger partial charge in [0.2, 0.25) is 0 Å². The van der Waals surface area contributed by atoms with E-state index in [-0.39, 0.29) is 0 Å². The zero-order chi connectivity index (χ0) is 16.8. The summed E-state index contributed by atoms with van der Waals surface area (Å²) in [6, 6.07) is 10.7. The number of nitrogens with one attached hydrogen (secondary N) is 1. The van der Waals surface area contributed by atoms with E-state index in [1.54, 1.807) is 0 Å². The molecule has 1 rings (SSSR count). The Labute approximate surface area is 143 Å². The average Bonchev–Trinajstić information content (AvgIpc) is 2.58. The van der Waals surface area contributed by atoms with Gasteiger partial charge in [-0.2, -0.15) is 0 Å². The number of aliphatic imine (C=N–C) groups is 1. The van der Waals surface area contributed by atoms with E-state index in [2.05, 4.69) is 61.3 Å². The number of guanidine groups is 1. The lowest BCUT2D eigenvalue weighted by molar-refractivity contribution is 0.385. The first-order valence-electron chi connectivity index (χ1n) is 9.39. The molecule has 3 nitrogen and oxygen atoms in total. The zero-order valence-electron chi connectivity index (χ0n) is 15.4. The SMILES string of the molecule is CCCCN=C(NCCCC)N(CCCC)Cc1ccccc1. The molecule has 1 N–H and O–H groups in total. The Bertz CT molecular complexity index is 414. The Morgan fingerprint density at radius 3 is 2.30 bits per heavy atom. The van der Waals surface area contributed by atoms with Crippen LogP contribution in [0.1, 0.15) is 64.9 Å². The van der Waals surface area contributed by atoms with Crippen LogP contribution in [0.3, 0.4) is 0 Å². The first-order valence-corrected chi connectivity index (χ1v) is 9.39. The van der Waals surface area contributed by atoms with Gasteiger partial charge >= 0.3 is 0 Å². The molecule has 0 saturated carbocycles. The van der Waals surface area contributed by atoms with E-state index in [9.17, 15) is 0 Å². The summed E-state index contributed by atoms with van der Waals surface area (Å²) in [7, 11) is 0. The first kappa shape index (κ1) is 19.5. The van der Waals surface area contributed by atoms with Crippen LogP contribution in [0, 0.1) is 0 Å². The molecule has 0 aliphatic carbocycles. The summed E-state index contributed by atoms with van der Waals surface area (Å²) >= 11 is 0. The monoisotopic (exact) mass is 317 g/mol. The molecule has 23 heavy (non-hydrogen) atoms. The predicted octanol–water partition coefficient (Wildman–Crippen LogP) is 4.83. The van der Waals surface area contributed by atoms with E-state index in [1.807, 2.05) is 0 Å². The molecule has 0 unspecified atom stereocenters. The zero-order valence-corrected chi connectivity index (χ0v) is 15.4. The summed E-state index contributed by atoms with van der Waals surface area (Å²) < 4.78 is 0. The van der Waals surface area contributed by atoms with Crippen LogP contribution < -0.4 is 5.32 Å². The van der Waals surface area contributed by atoms with Gasteiger partial charge in [-0.3, -0.25) is 4.99 Å². The van der Waals surface area contributed by atoms with Crippen molar-refractivity contribution in [1.82, 2.24) is 10.2 Å². The molecule has 0 heterocycles. The Kier molecular flexibility index (Phi) is 11.0. The Balaban J connectivity index is 2.78. The third kappa shape index (κ3) is 8.63. The number of unbranched alkanes of at least 4 members (excludes halogenated alkanes) is 3. The number of benzene rings is 1. The number of hydrogen-bond acceptors (Lipinski definition) is 1. The lowest BCUT2D eigenvalue weighted by atomic mass is 10.2. The molecule has 130 valence electrons. The smallest absolute Gasteiger partial charge is 0.194 e. The number of nitrogens with zero attached hydrogens (tertiary/aromatic N) is 2. The fourth-order valence-corrected chi connectivity index (χ4v) is 2.40. The molecule has 0 atom stereocenters. The normalized spacial score (nSPS) is 11.5. The summed E-state index contributed by atoms with van der Waals surface area (Å²) in [5.74, 6) is 1.09. The van der Waals surface area contributed by atoms with E-state index >= 15 is 0 Å². The van der Waals surface area contributed by atoms with Gasteiger partial charge in [-0.25, -0.2) is 0 Å². The molecule has 0 spiro atoms. The van der Waals surface area contributed by atoms with Crippen molar-refractivity contribution in [2.45, 2.75) is 65.8 Å². The molecular formula is C20H35N3. The fraction of sp³-hybridized carbons (Fsp3) is 0.650. The van der Waals surface area contributed by atoms with Crippen LogP contribution in [-0.4, -0.2) is 30.5 Å². The maximum atomic E-state index is 4.87. The van der Waals surface area contributed by atoms with Crippen LogP contribution in [-0.2, 0) is 6.54 Å². The molecule has 0 saturated heterocycles. The van der Waals surface area contributed by atoms with Crippen molar-refractivity contribution >= 4 is 5.96 Å². The molecular weight excluding hydrogens is 282 g/mol. The number of hydrogen-bond donors (Lipinski definition) is 1. The molecule has 0 radical (unpaired) electrons. The van der Waals surface area contributed by atoms with Crippen LogP contribution >= 0.6 is 0 Å². The average molecular weight is 318 g/mol. The molecule has 0 fully saturated rings. The molecule has 3 heteroatoms. The predicted molar refractivity (Wildman–Crippen MR) is 102 cm³/mol. The van der Waals surface area contributed by atoms with Gasteiger partial charge in [-0.1, -0.05) is 70.4 Å². The molecule has 0 aromatic heterocycles. The highest BCUT2D eigenvalue weighted by atomic mass is 15.3. The van der Waals surface area contributed by atoms with E-state index in [1.165, 1.54) is 37.7 Å². The van der Waals surface area contributed by atoms with E-state index in [0.29, 0.717) is 0 Å². The maximum absolute atomic E-state index is 4.87. The number of rotatable bonds is 11. The van der Waals surface area contributed by atoms with Gasteiger partial charge in [-0.15, -0.1) is 0 Å². The third-order valence-corrected chi connectivity index (χ3v) is 3.88. The van der Waals surface area contributed by atoms with E-state index in [0.717, 1.165) is 38.6 Å². The highest BCUT2D eigenvalue weighted by Gasteiger charge is 2.11. The Morgan fingerprint density at radius 1 is 0.957 bits per heavy atom. The Hall–Kier alpha value is -1.51. The lowest BCUT2D eigenvalue weighted by Crippen LogP contribution is -2.42. The second-order valence-corrected chi connectivity index (χ2v) is 6.10. The highest BCUT2D eigenvalue weighted by molar-refractivity contribution is 5.80. The minimum absolute atomic E-state index is 0.919. The van der Waals surface area contributed by atoms with Crippen molar-refractivity contribution in [1.29, 1.82) is 0 Å². The molecule has 1 aromatic carbocycles. The van der Waals surface area contributed by atoms with Crippen molar-refractivity contribution in [2.75, 3.05) is 19.6 Å². The van der Waals surface area contributed by atoms with Crippen molar-refractivity contribution in [3.05, 3.63) is 35.9 Å². The van der Waals surface area contributed by atoms with Gasteiger partial charge in [0.15, 0.2) is 5.96 Å². The topological polar surface area (TPSA) is 27.6 Å². The summed E-state index contributed by atoms with van der Waals surface area (Å²) in [6.07, 6.45) is 7.17. The van der Waals surface area contributed by atoms with Crippen molar-refractivity contribution in [3.63, 3.8) is 0 Å². The van der Waals surface area contributed by atoms with Crippen LogP contribution in [0.4, 0.5) is 0 Å². The van der Waals surface area contributed by atoms with Crippen molar-refractivity contribution < 1.29 is 0 Å². The van der Waals surface area contributed by atoms with Gasteiger partial charge in [0.05, 0.1) is 0 Å². The van der Waals surface area contributed by atoms with Gasteiger partial charge in [-0.05, 0) is 24.8 Å². The summed E-state index contributed by atoms with van der Waals surface area (Å²) in [5.41, 5.74) is 1.35. The fourth-order valence-electron chi connectivity index (χ4n) is 2.40. The third-order valence-electron chi connectivity index (χ3n) is 3.88. The largest absolute Gasteiger partial charge is 0.356 e. The van der Waals surface area contributed by atoms with Crippen LogP contribution in [0.25, 0.3) is 0 Å². The lowest BCUT2D eigenvalue weighted by Gasteiger charge is -2.27. The standard InChI is InChI=1S/C20H35N3/c1-4-7-15-21-20(22-16-8-5-2)23(17-9-6-3)18-19-13-11-10-12-14-19/h10-14H,4-9,15-18H2,1-3H3,(H,21,22).